The summed E-state index contributed by atoms with van der Waals surface area (Å²) in [5.74, 6) is 0. The zero-order valence-corrected chi connectivity index (χ0v) is 11.3. The van der Waals surface area contributed by atoms with Crippen LogP contribution in [0.1, 0.15) is 2.85 Å². The predicted molar refractivity (Wildman–Crippen MR) is 7.98 cm³/mol. The average Bonchev–Trinajstić information content (AvgIpc) is 0. The first-order chi connectivity index (χ1) is 0. The van der Waals surface area contributed by atoms with Crippen LogP contribution in [-0.2, 0) is 36.0 Å². The Hall–Kier alpha value is 3.08. The van der Waals surface area contributed by atoms with Crippen LogP contribution in [0.25, 0.3) is 0 Å². The van der Waals surface area contributed by atoms with Gasteiger partial charge in [-0.25, -0.2) is 0 Å². The number of hydrogen-bond donors (Lipinski definition) is 0. The van der Waals surface area contributed by atoms with Crippen molar-refractivity contribution in [3.05, 3.63) is 0 Å². The summed E-state index contributed by atoms with van der Waals surface area (Å²) in [5, 5.41) is 0. The molecule has 0 saturated heterocycles. The van der Waals surface area contributed by atoms with Crippen molar-refractivity contribution in [1.29, 1.82) is 0 Å². The van der Waals surface area contributed by atoms with E-state index in [0.717, 1.165) is 0 Å². The van der Waals surface area contributed by atoms with Crippen molar-refractivity contribution >= 4 is 23.1 Å². The molecule has 0 spiro atoms. The third-order valence-corrected chi connectivity index (χ3v) is 0. The van der Waals surface area contributed by atoms with Gasteiger partial charge in [-0.05, 0) is 0 Å². The molecule has 0 aromatic heterocycles. The molecule has 0 atom stereocenters. The van der Waals surface area contributed by atoms with Gasteiger partial charge >= 0.3 is 23.1 Å². The maximum Gasteiger partial charge on any atom is 2.00 e. The molecule has 0 aromatic rings. The molecule has 4 heavy (non-hydrogen) atoms. The summed E-state index contributed by atoms with van der Waals surface area (Å²) in [6.45, 7) is 0. The molecule has 0 heterocycles. The molecule has 0 aliphatic carbocycles. The van der Waals surface area contributed by atoms with Crippen molar-refractivity contribution in [3.8, 4) is 0 Å². The largest absolute Gasteiger partial charge is 2.00 e. The molecule has 0 N–H and O–H groups in total. The summed E-state index contributed by atoms with van der Waals surface area (Å²) >= 11 is 0. The molecule has 0 aliphatic rings. The summed E-state index contributed by atoms with van der Waals surface area (Å²) in [4.78, 5) is 0. The minimum atomic E-state index is 0. The van der Waals surface area contributed by atoms with Crippen molar-refractivity contribution in [2.24, 2.45) is 0 Å². The van der Waals surface area contributed by atoms with Gasteiger partial charge in [-0.3, -0.25) is 0 Å². The Kier molecular flexibility index (Phi) is 114. The molecule has 1 radical (unpaired) electrons. The van der Waals surface area contributed by atoms with E-state index in [1.807, 2.05) is 0 Å². The van der Waals surface area contributed by atoms with E-state index in [4.69, 9.17) is 0 Å². The van der Waals surface area contributed by atoms with Crippen LogP contribution >= 0.6 is 0 Å². The Bertz CT molecular complexity index is 13.5. The summed E-state index contributed by atoms with van der Waals surface area (Å²) in [6, 6.07) is 0. The molecule has 0 aliphatic heterocycles. The van der Waals surface area contributed by atoms with Crippen LogP contribution in [0.15, 0.2) is 0 Å². The van der Waals surface area contributed by atoms with Gasteiger partial charge in [-0.2, -0.15) is 0 Å². The second kappa shape index (κ2) is 16.5. The van der Waals surface area contributed by atoms with Gasteiger partial charge in [-0.15, -0.1) is 0 Å². The zero-order valence-electron chi connectivity index (χ0n) is 4.31. The molecule has 0 bridgehead atoms. The van der Waals surface area contributed by atoms with E-state index in [2.05, 4.69) is 0 Å². The molecular formula is H2LaMgNiZn. The molecule has 0 amide bonds. The molecule has 0 saturated carbocycles. The molecule has 19 valence electrons. The SMILES string of the molecule is [H-].[H-].[La].[Mg+2].[Ni].[Zn]. The van der Waals surface area contributed by atoms with Gasteiger partial charge in [-0.1, -0.05) is 0 Å². The van der Waals surface area contributed by atoms with E-state index in [9.17, 15) is 0 Å². The van der Waals surface area contributed by atoms with Crippen molar-refractivity contribution in [1.82, 2.24) is 0 Å². The molecular weight excluding hydrogens is 287 g/mol. The van der Waals surface area contributed by atoms with E-state index >= 15 is 0 Å². The van der Waals surface area contributed by atoms with E-state index in [-0.39, 0.29) is 97.5 Å². The second-order valence-electron chi connectivity index (χ2n) is 0. The minimum absolute atomic E-state index is 0. The standard InChI is InChI=1S/La.Mg.Ni.Zn.2H/q;+2;;;2*-1. The number of rotatable bonds is 0. The van der Waals surface area contributed by atoms with Gasteiger partial charge in [0.25, 0.3) is 0 Å². The third kappa shape index (κ3) is 8.91. The molecule has 0 nitrogen and oxygen atoms in total. The van der Waals surface area contributed by atoms with Crippen LogP contribution in [0, 0.1) is 35.6 Å². The van der Waals surface area contributed by atoms with Gasteiger partial charge in [0.05, 0.1) is 0 Å². The van der Waals surface area contributed by atoms with Crippen LogP contribution < -0.4 is 0 Å². The van der Waals surface area contributed by atoms with Gasteiger partial charge in [0, 0.05) is 71.6 Å². The molecule has 0 rings (SSSR count). The third-order valence-electron chi connectivity index (χ3n) is 0. The smallest absolute Gasteiger partial charge is 1.00 e. The summed E-state index contributed by atoms with van der Waals surface area (Å²) < 4.78 is 0. The van der Waals surface area contributed by atoms with Gasteiger partial charge < -0.3 is 2.85 Å². The van der Waals surface area contributed by atoms with Crippen molar-refractivity contribution in [2.45, 2.75) is 0 Å². The van der Waals surface area contributed by atoms with Gasteiger partial charge in [0.15, 0.2) is 0 Å². The minimum Gasteiger partial charge on any atom is -1.00 e. The second-order valence-corrected chi connectivity index (χ2v) is 0. The van der Waals surface area contributed by atoms with E-state index < -0.39 is 0 Å². The van der Waals surface area contributed by atoms with E-state index in [1.54, 1.807) is 0 Å². The zero-order chi connectivity index (χ0) is 0. The average molecular weight is 289 g/mol. The Labute approximate surface area is 95.6 Å². The molecule has 0 aromatic carbocycles. The Morgan fingerprint density at radius 2 is 1.25 bits per heavy atom. The Morgan fingerprint density at radius 1 is 1.25 bits per heavy atom. The fourth-order valence-corrected chi connectivity index (χ4v) is 0. The van der Waals surface area contributed by atoms with Gasteiger partial charge in [0.1, 0.15) is 0 Å². The maximum atomic E-state index is 0. The van der Waals surface area contributed by atoms with Crippen LogP contribution in [0.2, 0.25) is 0 Å². The number of hydrogen-bond acceptors (Lipinski definition) is 0. The normalized spacial score (nSPS) is 0. The van der Waals surface area contributed by atoms with E-state index in [0.29, 0.717) is 0 Å². The maximum absolute atomic E-state index is 0. The van der Waals surface area contributed by atoms with Crippen molar-refractivity contribution in [3.63, 3.8) is 0 Å². The van der Waals surface area contributed by atoms with Crippen LogP contribution in [-0.4, -0.2) is 23.1 Å². The fourth-order valence-electron chi connectivity index (χ4n) is 0. The fraction of sp³-hybridized carbons (Fsp3) is 0. The Balaban J connectivity index is 0. The molecule has 0 unspecified atom stereocenters. The Morgan fingerprint density at radius 3 is 1.25 bits per heavy atom. The summed E-state index contributed by atoms with van der Waals surface area (Å²) in [5.41, 5.74) is 0. The molecule has 0 fully saturated rings. The quantitative estimate of drug-likeness (QED) is 0.544. The van der Waals surface area contributed by atoms with Crippen LogP contribution in [0.5, 0.6) is 0 Å². The van der Waals surface area contributed by atoms with Crippen molar-refractivity contribution in [2.75, 3.05) is 0 Å². The molecule has 4 heteroatoms. The first kappa shape index (κ1) is 27.6. The summed E-state index contributed by atoms with van der Waals surface area (Å²) in [7, 11) is 0. The van der Waals surface area contributed by atoms with Crippen LogP contribution in [0.3, 0.4) is 0 Å². The van der Waals surface area contributed by atoms with Crippen LogP contribution in [0.4, 0.5) is 0 Å². The van der Waals surface area contributed by atoms with E-state index in [1.165, 1.54) is 0 Å². The monoisotopic (exact) mass is 287 g/mol. The first-order valence-corrected chi connectivity index (χ1v) is 0. The predicted octanol–water partition coefficient (Wildman–Crippen LogP) is -0.161. The summed E-state index contributed by atoms with van der Waals surface area (Å²) in [6.07, 6.45) is 0. The van der Waals surface area contributed by atoms with Gasteiger partial charge in [0.2, 0.25) is 0 Å². The first-order valence-electron chi connectivity index (χ1n) is 0. The van der Waals surface area contributed by atoms with Crippen molar-refractivity contribution < 1.29 is 74.4 Å². The topological polar surface area (TPSA) is 0 Å².